The standard InChI is InChI=1S/C15H17ClN2/c1-3-18-15(12-5-4-8-17-10-12)14-7-6-13(16)9-11(14)2/h4-10,15,18H,3H2,1-2H3. The smallest absolute Gasteiger partial charge is 0.0594 e. The number of aromatic nitrogens is 1. The van der Waals surface area contributed by atoms with Gasteiger partial charge in [0.25, 0.3) is 0 Å². The fourth-order valence-corrected chi connectivity index (χ4v) is 2.35. The van der Waals surface area contributed by atoms with E-state index in [0.717, 1.165) is 11.6 Å². The molecule has 0 bridgehead atoms. The number of hydrogen-bond donors (Lipinski definition) is 1. The molecule has 0 saturated heterocycles. The molecule has 0 aliphatic carbocycles. The number of benzene rings is 1. The molecule has 0 saturated carbocycles. The number of hydrogen-bond acceptors (Lipinski definition) is 2. The summed E-state index contributed by atoms with van der Waals surface area (Å²) in [6, 6.07) is 10.2. The van der Waals surface area contributed by atoms with Crippen molar-refractivity contribution in [3.8, 4) is 0 Å². The highest BCUT2D eigenvalue weighted by Gasteiger charge is 2.15. The van der Waals surface area contributed by atoms with Gasteiger partial charge in [-0.15, -0.1) is 0 Å². The molecule has 1 heterocycles. The van der Waals surface area contributed by atoms with Crippen molar-refractivity contribution in [2.45, 2.75) is 19.9 Å². The number of rotatable bonds is 4. The lowest BCUT2D eigenvalue weighted by Crippen LogP contribution is -2.22. The molecular formula is C15H17ClN2. The van der Waals surface area contributed by atoms with Gasteiger partial charge in [0.15, 0.2) is 0 Å². The molecule has 0 amide bonds. The molecule has 18 heavy (non-hydrogen) atoms. The molecule has 1 unspecified atom stereocenters. The summed E-state index contributed by atoms with van der Waals surface area (Å²) in [7, 11) is 0. The Labute approximate surface area is 113 Å². The highest BCUT2D eigenvalue weighted by Crippen LogP contribution is 2.26. The van der Waals surface area contributed by atoms with Gasteiger partial charge < -0.3 is 5.32 Å². The van der Waals surface area contributed by atoms with Crippen LogP contribution in [0.5, 0.6) is 0 Å². The second kappa shape index (κ2) is 5.98. The SMILES string of the molecule is CCNC(c1cccnc1)c1ccc(Cl)cc1C. The molecule has 1 aromatic carbocycles. The summed E-state index contributed by atoms with van der Waals surface area (Å²) < 4.78 is 0. The maximum Gasteiger partial charge on any atom is 0.0594 e. The zero-order valence-corrected chi connectivity index (χ0v) is 11.4. The molecule has 0 aliphatic heterocycles. The monoisotopic (exact) mass is 260 g/mol. The number of pyridine rings is 1. The second-order valence-corrected chi connectivity index (χ2v) is 4.71. The van der Waals surface area contributed by atoms with E-state index in [1.54, 1.807) is 6.20 Å². The van der Waals surface area contributed by atoms with E-state index in [0.29, 0.717) is 0 Å². The first-order valence-electron chi connectivity index (χ1n) is 6.11. The van der Waals surface area contributed by atoms with Crippen LogP contribution >= 0.6 is 11.6 Å². The third-order valence-corrected chi connectivity index (χ3v) is 3.20. The van der Waals surface area contributed by atoms with Crippen LogP contribution < -0.4 is 5.32 Å². The molecule has 2 nitrogen and oxygen atoms in total. The van der Waals surface area contributed by atoms with Crippen LogP contribution in [0.4, 0.5) is 0 Å². The lowest BCUT2D eigenvalue weighted by molar-refractivity contribution is 0.626. The lowest BCUT2D eigenvalue weighted by atomic mass is 9.96. The van der Waals surface area contributed by atoms with E-state index in [-0.39, 0.29) is 6.04 Å². The fraction of sp³-hybridized carbons (Fsp3) is 0.267. The Balaban J connectivity index is 2.41. The average Bonchev–Trinajstić information content (AvgIpc) is 2.38. The van der Waals surface area contributed by atoms with E-state index in [9.17, 15) is 0 Å². The maximum absolute atomic E-state index is 6.01. The third kappa shape index (κ3) is 2.89. The van der Waals surface area contributed by atoms with Crippen molar-refractivity contribution in [1.29, 1.82) is 0 Å². The van der Waals surface area contributed by atoms with Gasteiger partial charge in [-0.25, -0.2) is 0 Å². The van der Waals surface area contributed by atoms with Crippen LogP contribution in [0, 0.1) is 6.92 Å². The number of nitrogens with zero attached hydrogens (tertiary/aromatic N) is 1. The highest BCUT2D eigenvalue weighted by molar-refractivity contribution is 6.30. The van der Waals surface area contributed by atoms with Crippen LogP contribution in [-0.2, 0) is 0 Å². The summed E-state index contributed by atoms with van der Waals surface area (Å²) in [6.07, 6.45) is 3.70. The number of halogens is 1. The molecule has 0 aliphatic rings. The summed E-state index contributed by atoms with van der Waals surface area (Å²) >= 11 is 6.01. The normalized spacial score (nSPS) is 12.4. The zero-order chi connectivity index (χ0) is 13.0. The topological polar surface area (TPSA) is 24.9 Å². The predicted octanol–water partition coefficient (Wildman–Crippen LogP) is 3.74. The van der Waals surface area contributed by atoms with Gasteiger partial charge >= 0.3 is 0 Å². The van der Waals surface area contributed by atoms with Crippen LogP contribution in [0.25, 0.3) is 0 Å². The first kappa shape index (κ1) is 13.1. The van der Waals surface area contributed by atoms with Gasteiger partial charge in [0, 0.05) is 17.4 Å². The van der Waals surface area contributed by atoms with Crippen molar-refractivity contribution in [3.63, 3.8) is 0 Å². The van der Waals surface area contributed by atoms with Crippen LogP contribution in [0.15, 0.2) is 42.7 Å². The Morgan fingerprint density at radius 2 is 2.17 bits per heavy atom. The predicted molar refractivity (Wildman–Crippen MR) is 75.9 cm³/mol. The first-order valence-corrected chi connectivity index (χ1v) is 6.49. The summed E-state index contributed by atoms with van der Waals surface area (Å²) in [5.41, 5.74) is 3.61. The molecule has 0 radical (unpaired) electrons. The van der Waals surface area contributed by atoms with Gasteiger partial charge in [0.1, 0.15) is 0 Å². The quantitative estimate of drug-likeness (QED) is 0.906. The minimum atomic E-state index is 0.168. The van der Waals surface area contributed by atoms with Crippen molar-refractivity contribution < 1.29 is 0 Å². The number of nitrogens with one attached hydrogen (secondary N) is 1. The van der Waals surface area contributed by atoms with Crippen LogP contribution in [0.2, 0.25) is 5.02 Å². The van der Waals surface area contributed by atoms with E-state index < -0.39 is 0 Å². The first-order chi connectivity index (χ1) is 8.72. The van der Waals surface area contributed by atoms with E-state index >= 15 is 0 Å². The van der Waals surface area contributed by atoms with Crippen molar-refractivity contribution in [2.75, 3.05) is 6.54 Å². The lowest BCUT2D eigenvalue weighted by Gasteiger charge is -2.20. The number of aryl methyl sites for hydroxylation is 1. The molecule has 1 N–H and O–H groups in total. The molecule has 2 aromatic rings. The maximum atomic E-state index is 6.01. The van der Waals surface area contributed by atoms with E-state index in [4.69, 9.17) is 11.6 Å². The Hall–Kier alpha value is -1.38. The van der Waals surface area contributed by atoms with Gasteiger partial charge in [-0.05, 0) is 48.4 Å². The summed E-state index contributed by atoms with van der Waals surface area (Å²) in [4.78, 5) is 4.19. The van der Waals surface area contributed by atoms with Gasteiger partial charge in [-0.2, -0.15) is 0 Å². The van der Waals surface area contributed by atoms with Gasteiger partial charge in [0.05, 0.1) is 6.04 Å². The Kier molecular flexibility index (Phi) is 4.34. The molecule has 1 aromatic heterocycles. The zero-order valence-electron chi connectivity index (χ0n) is 10.7. The Morgan fingerprint density at radius 1 is 1.33 bits per heavy atom. The Bertz CT molecular complexity index is 511. The van der Waals surface area contributed by atoms with E-state index in [2.05, 4.69) is 36.3 Å². The van der Waals surface area contributed by atoms with Crippen molar-refractivity contribution >= 4 is 11.6 Å². The summed E-state index contributed by atoms with van der Waals surface area (Å²) in [5, 5.41) is 4.27. The molecule has 2 rings (SSSR count). The van der Waals surface area contributed by atoms with Gasteiger partial charge in [-0.1, -0.05) is 30.7 Å². The minimum absolute atomic E-state index is 0.168. The van der Waals surface area contributed by atoms with Gasteiger partial charge in [-0.3, -0.25) is 4.98 Å². The van der Waals surface area contributed by atoms with E-state index in [1.165, 1.54) is 16.7 Å². The molecule has 0 fully saturated rings. The van der Waals surface area contributed by atoms with E-state index in [1.807, 2.05) is 24.4 Å². The van der Waals surface area contributed by atoms with Crippen LogP contribution in [-0.4, -0.2) is 11.5 Å². The molecule has 3 heteroatoms. The van der Waals surface area contributed by atoms with Crippen molar-refractivity contribution in [1.82, 2.24) is 10.3 Å². The van der Waals surface area contributed by atoms with Crippen molar-refractivity contribution in [2.24, 2.45) is 0 Å². The second-order valence-electron chi connectivity index (χ2n) is 4.28. The molecule has 1 atom stereocenters. The molecule has 0 spiro atoms. The van der Waals surface area contributed by atoms with Gasteiger partial charge in [0.2, 0.25) is 0 Å². The molecule has 94 valence electrons. The fourth-order valence-electron chi connectivity index (χ4n) is 2.12. The average molecular weight is 261 g/mol. The minimum Gasteiger partial charge on any atom is -0.306 e. The van der Waals surface area contributed by atoms with Crippen LogP contribution in [0.1, 0.15) is 29.7 Å². The molecular weight excluding hydrogens is 244 g/mol. The highest BCUT2D eigenvalue weighted by atomic mass is 35.5. The van der Waals surface area contributed by atoms with Crippen molar-refractivity contribution in [3.05, 3.63) is 64.4 Å². The summed E-state index contributed by atoms with van der Waals surface area (Å²) in [5.74, 6) is 0. The largest absolute Gasteiger partial charge is 0.306 e. The summed E-state index contributed by atoms with van der Waals surface area (Å²) in [6.45, 7) is 5.10. The van der Waals surface area contributed by atoms with Crippen LogP contribution in [0.3, 0.4) is 0 Å². The third-order valence-electron chi connectivity index (χ3n) is 2.97. The Morgan fingerprint density at radius 3 is 2.78 bits per heavy atom.